The molecule has 1 amide bonds. The van der Waals surface area contributed by atoms with E-state index >= 15 is 0 Å². The van der Waals surface area contributed by atoms with Crippen molar-refractivity contribution in [3.8, 4) is 0 Å². The van der Waals surface area contributed by atoms with Crippen molar-refractivity contribution in [2.75, 3.05) is 20.1 Å². The molecule has 0 saturated carbocycles. The Hall–Kier alpha value is -2.34. The second-order valence-corrected chi connectivity index (χ2v) is 7.75. The van der Waals surface area contributed by atoms with E-state index in [9.17, 15) is 14.7 Å². The molecule has 1 aromatic heterocycles. The Balaban J connectivity index is 1.48. The smallest absolute Gasteiger partial charge is 0.309 e. The number of carbonyl (C=O) groups is 2. The van der Waals surface area contributed by atoms with Crippen LogP contribution < -0.4 is 0 Å². The highest BCUT2D eigenvalue weighted by molar-refractivity contribution is 5.88. The monoisotopic (exact) mass is 355 g/mol. The fourth-order valence-electron chi connectivity index (χ4n) is 4.75. The third-order valence-corrected chi connectivity index (χ3v) is 6.45. The zero-order valence-electron chi connectivity index (χ0n) is 15.3. The molecular weight excluding hydrogens is 330 g/mol. The van der Waals surface area contributed by atoms with Gasteiger partial charge in [-0.25, -0.2) is 0 Å². The van der Waals surface area contributed by atoms with Crippen molar-refractivity contribution in [2.24, 2.45) is 13.0 Å². The van der Waals surface area contributed by atoms with Crippen LogP contribution >= 0.6 is 0 Å². The zero-order chi connectivity index (χ0) is 18.5. The summed E-state index contributed by atoms with van der Waals surface area (Å²) in [4.78, 5) is 27.9. The molecule has 1 spiro atoms. The number of amides is 1. The lowest BCUT2D eigenvalue weighted by atomic mass is 9.77. The Morgan fingerprint density at radius 1 is 1.23 bits per heavy atom. The van der Waals surface area contributed by atoms with Gasteiger partial charge in [0.15, 0.2) is 0 Å². The third kappa shape index (κ3) is 2.60. The summed E-state index contributed by atoms with van der Waals surface area (Å²) in [5.41, 5.74) is 1.98. The predicted molar refractivity (Wildman–Crippen MR) is 98.7 cm³/mol. The molecule has 0 unspecified atom stereocenters. The molecule has 26 heavy (non-hydrogen) atoms. The molecular formula is C20H25N3O3. The molecule has 2 aromatic rings. The van der Waals surface area contributed by atoms with Crippen LogP contribution in [0.1, 0.15) is 24.8 Å². The summed E-state index contributed by atoms with van der Waals surface area (Å²) < 4.78 is 2.13. The Kier molecular flexibility index (Phi) is 4.03. The van der Waals surface area contributed by atoms with E-state index in [0.717, 1.165) is 32.5 Å². The summed E-state index contributed by atoms with van der Waals surface area (Å²) in [6, 6.07) is 8.66. The molecule has 2 aliphatic rings. The maximum atomic E-state index is 12.1. The van der Waals surface area contributed by atoms with Gasteiger partial charge in [0.1, 0.15) is 0 Å². The van der Waals surface area contributed by atoms with Crippen LogP contribution in [0.2, 0.25) is 0 Å². The molecule has 0 aliphatic carbocycles. The first-order valence-corrected chi connectivity index (χ1v) is 9.16. The van der Waals surface area contributed by atoms with Crippen LogP contribution in [-0.2, 0) is 23.2 Å². The Labute approximate surface area is 153 Å². The summed E-state index contributed by atoms with van der Waals surface area (Å²) >= 11 is 0. The number of piperidine rings is 1. The number of hydrogen-bond acceptors (Lipinski definition) is 3. The van der Waals surface area contributed by atoms with E-state index in [1.807, 2.05) is 0 Å². The van der Waals surface area contributed by atoms with Gasteiger partial charge < -0.3 is 14.6 Å². The van der Waals surface area contributed by atoms with Crippen molar-refractivity contribution in [1.29, 1.82) is 0 Å². The molecule has 6 nitrogen and oxygen atoms in total. The second-order valence-electron chi connectivity index (χ2n) is 7.75. The van der Waals surface area contributed by atoms with Gasteiger partial charge in [-0.3, -0.25) is 14.5 Å². The largest absolute Gasteiger partial charge is 0.481 e. The first-order valence-electron chi connectivity index (χ1n) is 9.16. The first kappa shape index (κ1) is 17.1. The second kappa shape index (κ2) is 6.13. The van der Waals surface area contributed by atoms with E-state index in [4.69, 9.17) is 0 Å². The molecule has 2 saturated heterocycles. The van der Waals surface area contributed by atoms with Crippen LogP contribution in [0.5, 0.6) is 0 Å². The molecule has 1 N–H and O–H groups in total. The van der Waals surface area contributed by atoms with Crippen molar-refractivity contribution >= 4 is 22.8 Å². The van der Waals surface area contributed by atoms with Crippen molar-refractivity contribution < 1.29 is 14.7 Å². The first-order chi connectivity index (χ1) is 12.4. The van der Waals surface area contributed by atoms with E-state index in [2.05, 4.69) is 47.0 Å². The maximum absolute atomic E-state index is 12.1. The van der Waals surface area contributed by atoms with Gasteiger partial charge in [-0.05, 0) is 35.9 Å². The molecule has 1 aromatic carbocycles. The number of aromatic nitrogens is 1. The number of carboxylic acid groups (broad SMARTS) is 1. The average Bonchev–Trinajstić information content (AvgIpc) is 3.11. The molecule has 6 heteroatoms. The molecule has 1 atom stereocenters. The van der Waals surface area contributed by atoms with Gasteiger partial charge in [0, 0.05) is 51.9 Å². The molecule has 3 heterocycles. The van der Waals surface area contributed by atoms with Crippen LogP contribution in [0.25, 0.3) is 10.9 Å². The number of likely N-dealkylation sites (tertiary alicyclic amines) is 2. The number of fused-ring (bicyclic) bond motifs is 1. The van der Waals surface area contributed by atoms with Gasteiger partial charge in [-0.2, -0.15) is 0 Å². The van der Waals surface area contributed by atoms with Crippen LogP contribution in [0.4, 0.5) is 0 Å². The fourth-order valence-corrected chi connectivity index (χ4v) is 4.75. The minimum Gasteiger partial charge on any atom is -0.481 e. The van der Waals surface area contributed by atoms with Crippen molar-refractivity contribution in [3.63, 3.8) is 0 Å². The quantitative estimate of drug-likeness (QED) is 0.915. The van der Waals surface area contributed by atoms with Gasteiger partial charge in [-0.1, -0.05) is 12.1 Å². The molecule has 2 aliphatic heterocycles. The number of aliphatic carboxylic acids is 1. The van der Waals surface area contributed by atoms with Crippen LogP contribution in [0.15, 0.2) is 30.5 Å². The van der Waals surface area contributed by atoms with E-state index in [1.165, 1.54) is 16.5 Å². The molecule has 0 radical (unpaired) electrons. The van der Waals surface area contributed by atoms with Crippen LogP contribution in [-0.4, -0.2) is 57.0 Å². The number of benzene rings is 1. The lowest BCUT2D eigenvalue weighted by Crippen LogP contribution is -2.55. The SMILES string of the molecule is CN1C(=O)C[C@@H](C(=O)O)C12CCN(Cc1ccc3ccn(C)c3c1)CC2. The number of carbonyl (C=O) groups excluding carboxylic acids is 1. The number of carboxylic acids is 1. The van der Waals surface area contributed by atoms with Gasteiger partial charge in [0.25, 0.3) is 0 Å². The van der Waals surface area contributed by atoms with Crippen LogP contribution in [0, 0.1) is 5.92 Å². The third-order valence-electron chi connectivity index (χ3n) is 6.45. The normalized spacial score (nSPS) is 23.2. The topological polar surface area (TPSA) is 65.8 Å². The van der Waals surface area contributed by atoms with Gasteiger partial charge in [0.05, 0.1) is 11.5 Å². The lowest BCUT2D eigenvalue weighted by molar-refractivity contribution is -0.146. The highest BCUT2D eigenvalue weighted by Gasteiger charge is 2.55. The van der Waals surface area contributed by atoms with Crippen molar-refractivity contribution in [2.45, 2.75) is 31.3 Å². The summed E-state index contributed by atoms with van der Waals surface area (Å²) in [7, 11) is 3.82. The summed E-state index contributed by atoms with van der Waals surface area (Å²) in [5.74, 6) is -1.47. The van der Waals surface area contributed by atoms with E-state index in [1.54, 1.807) is 11.9 Å². The highest BCUT2D eigenvalue weighted by atomic mass is 16.4. The fraction of sp³-hybridized carbons (Fsp3) is 0.500. The van der Waals surface area contributed by atoms with Gasteiger partial charge in [0.2, 0.25) is 5.91 Å². The average molecular weight is 355 g/mol. The number of nitrogens with zero attached hydrogens (tertiary/aromatic N) is 3. The van der Waals surface area contributed by atoms with Gasteiger partial charge >= 0.3 is 5.97 Å². The van der Waals surface area contributed by atoms with Crippen molar-refractivity contribution in [3.05, 3.63) is 36.0 Å². The van der Waals surface area contributed by atoms with Crippen LogP contribution in [0.3, 0.4) is 0 Å². The van der Waals surface area contributed by atoms with Gasteiger partial charge in [-0.15, -0.1) is 0 Å². The zero-order valence-corrected chi connectivity index (χ0v) is 15.3. The Bertz CT molecular complexity index is 864. The Morgan fingerprint density at radius 2 is 1.96 bits per heavy atom. The summed E-state index contributed by atoms with van der Waals surface area (Å²) in [6.45, 7) is 2.48. The summed E-state index contributed by atoms with van der Waals surface area (Å²) in [6.07, 6.45) is 3.64. The molecule has 138 valence electrons. The minimum atomic E-state index is -0.842. The maximum Gasteiger partial charge on any atom is 0.309 e. The lowest BCUT2D eigenvalue weighted by Gasteiger charge is -2.45. The summed E-state index contributed by atoms with van der Waals surface area (Å²) in [5, 5.41) is 10.8. The standard InChI is InChI=1S/C20H25N3O3/c1-21-8-5-15-4-3-14(11-17(15)21)13-23-9-6-20(7-10-23)16(19(25)26)12-18(24)22(20)2/h3-5,8,11,16H,6-7,9-10,12-13H2,1-2H3,(H,25,26)/t16-/m0/s1. The minimum absolute atomic E-state index is 0.0417. The molecule has 0 bridgehead atoms. The van der Waals surface area contributed by atoms with E-state index in [0.29, 0.717) is 0 Å². The molecule has 4 rings (SSSR count). The predicted octanol–water partition coefficient (Wildman–Crippen LogP) is 2.08. The highest BCUT2D eigenvalue weighted by Crippen LogP contribution is 2.43. The molecule has 2 fully saturated rings. The number of aryl methyl sites for hydroxylation is 1. The van der Waals surface area contributed by atoms with E-state index in [-0.39, 0.29) is 12.3 Å². The Morgan fingerprint density at radius 3 is 2.65 bits per heavy atom. The van der Waals surface area contributed by atoms with Crippen molar-refractivity contribution in [1.82, 2.24) is 14.4 Å². The number of rotatable bonds is 3. The van der Waals surface area contributed by atoms with E-state index < -0.39 is 17.4 Å². The number of hydrogen-bond donors (Lipinski definition) is 1.